The Morgan fingerprint density at radius 2 is 1.90 bits per heavy atom. The molecule has 7 heteroatoms. The molecule has 156 valence electrons. The summed E-state index contributed by atoms with van der Waals surface area (Å²) < 4.78 is 6.96. The molecule has 0 radical (unpaired) electrons. The van der Waals surface area contributed by atoms with Crippen LogP contribution in [0.25, 0.3) is 0 Å². The van der Waals surface area contributed by atoms with Crippen molar-refractivity contribution in [2.75, 3.05) is 25.1 Å². The van der Waals surface area contributed by atoms with Gasteiger partial charge in [0.05, 0.1) is 25.4 Å². The number of benzene rings is 2. The van der Waals surface area contributed by atoms with Crippen LogP contribution in [0.4, 0.5) is 5.69 Å². The van der Waals surface area contributed by atoms with Gasteiger partial charge < -0.3 is 15.0 Å². The van der Waals surface area contributed by atoms with Crippen LogP contribution in [0.2, 0.25) is 5.02 Å². The molecule has 0 bridgehead atoms. The Balaban J connectivity index is 1.29. The molecule has 2 aromatic carbocycles. The van der Waals surface area contributed by atoms with E-state index in [4.69, 9.17) is 16.3 Å². The van der Waals surface area contributed by atoms with Crippen LogP contribution in [0.5, 0.6) is 5.75 Å². The minimum Gasteiger partial charge on any atom is -0.497 e. The minimum atomic E-state index is -0.0803. The van der Waals surface area contributed by atoms with Crippen LogP contribution in [0.15, 0.2) is 60.9 Å². The highest BCUT2D eigenvalue weighted by molar-refractivity contribution is 6.31. The van der Waals surface area contributed by atoms with Crippen molar-refractivity contribution >= 4 is 23.2 Å². The molecule has 1 aliphatic heterocycles. The maximum Gasteiger partial charge on any atom is 0.254 e. The second-order valence-electron chi connectivity index (χ2n) is 7.45. The van der Waals surface area contributed by atoms with Crippen LogP contribution >= 0.6 is 11.6 Å². The Kier molecular flexibility index (Phi) is 6.23. The van der Waals surface area contributed by atoms with E-state index in [2.05, 4.69) is 27.4 Å². The molecule has 0 atom stereocenters. The number of nitrogens with zero attached hydrogens (tertiary/aromatic N) is 3. The van der Waals surface area contributed by atoms with Crippen LogP contribution < -0.4 is 15.0 Å². The fourth-order valence-corrected chi connectivity index (χ4v) is 3.91. The van der Waals surface area contributed by atoms with Gasteiger partial charge in [0.15, 0.2) is 0 Å². The molecule has 1 aliphatic rings. The molecule has 0 aliphatic carbocycles. The number of methoxy groups -OCH3 is 1. The number of nitrogens with one attached hydrogen (secondary N) is 1. The van der Waals surface area contributed by atoms with Crippen LogP contribution in [0, 0.1) is 0 Å². The van der Waals surface area contributed by atoms with E-state index in [1.165, 1.54) is 5.69 Å². The quantitative estimate of drug-likeness (QED) is 0.650. The number of anilines is 1. The van der Waals surface area contributed by atoms with Crippen LogP contribution in [0.3, 0.4) is 0 Å². The van der Waals surface area contributed by atoms with Gasteiger partial charge in [-0.25, -0.2) is 0 Å². The molecular weight excluding hydrogens is 400 g/mol. The lowest BCUT2D eigenvalue weighted by Gasteiger charge is -2.34. The zero-order valence-electron chi connectivity index (χ0n) is 16.9. The van der Waals surface area contributed by atoms with E-state index in [1.54, 1.807) is 24.2 Å². The maximum atomic E-state index is 12.6. The number of rotatable bonds is 6. The first-order valence-electron chi connectivity index (χ1n) is 10.1. The number of carbonyl (C=O) groups is 1. The fourth-order valence-electron chi connectivity index (χ4n) is 3.71. The number of carbonyl (C=O) groups excluding carboxylic acids is 1. The first-order valence-corrected chi connectivity index (χ1v) is 10.5. The standard InChI is InChI=1S/C23H25ClN4O2/c1-30-21-8-6-20(7-9-21)27-12-10-19(11-13-27)26-23(29)18-14-25-28(16-18)15-17-4-2-3-5-22(17)24/h2-9,14,16,19H,10-13,15H2,1H3,(H,26,29). The van der Waals surface area contributed by atoms with Gasteiger partial charge in [-0.3, -0.25) is 9.48 Å². The summed E-state index contributed by atoms with van der Waals surface area (Å²) >= 11 is 6.21. The second-order valence-corrected chi connectivity index (χ2v) is 7.86. The lowest BCUT2D eigenvalue weighted by molar-refractivity contribution is 0.0931. The zero-order valence-corrected chi connectivity index (χ0v) is 17.7. The van der Waals surface area contributed by atoms with Crippen molar-refractivity contribution in [1.82, 2.24) is 15.1 Å². The van der Waals surface area contributed by atoms with Crippen LogP contribution in [0.1, 0.15) is 28.8 Å². The third-order valence-electron chi connectivity index (χ3n) is 5.45. The first-order chi connectivity index (χ1) is 14.6. The third kappa shape index (κ3) is 4.76. The summed E-state index contributed by atoms with van der Waals surface area (Å²) in [5.41, 5.74) is 2.72. The average molecular weight is 425 g/mol. The van der Waals surface area contributed by atoms with E-state index in [9.17, 15) is 4.79 Å². The summed E-state index contributed by atoms with van der Waals surface area (Å²) in [5, 5.41) is 8.16. The summed E-state index contributed by atoms with van der Waals surface area (Å²) in [6, 6.07) is 15.9. The van der Waals surface area contributed by atoms with E-state index in [0.717, 1.165) is 37.2 Å². The van der Waals surface area contributed by atoms with Gasteiger partial charge in [-0.1, -0.05) is 29.8 Å². The first kappa shape index (κ1) is 20.3. The smallest absolute Gasteiger partial charge is 0.254 e. The molecule has 2 heterocycles. The molecule has 30 heavy (non-hydrogen) atoms. The third-order valence-corrected chi connectivity index (χ3v) is 5.82. The molecule has 0 spiro atoms. The van der Waals surface area contributed by atoms with Gasteiger partial charge in [0.25, 0.3) is 5.91 Å². The summed E-state index contributed by atoms with van der Waals surface area (Å²) in [5.74, 6) is 0.777. The molecule has 1 N–H and O–H groups in total. The Hall–Kier alpha value is -2.99. The van der Waals surface area contributed by atoms with Crippen molar-refractivity contribution < 1.29 is 9.53 Å². The molecule has 4 rings (SSSR count). The Morgan fingerprint density at radius 1 is 1.17 bits per heavy atom. The van der Waals surface area contributed by atoms with E-state index >= 15 is 0 Å². The second kappa shape index (κ2) is 9.22. The largest absolute Gasteiger partial charge is 0.497 e. The number of halogens is 1. The highest BCUT2D eigenvalue weighted by Crippen LogP contribution is 2.23. The van der Waals surface area contributed by atoms with E-state index in [-0.39, 0.29) is 11.9 Å². The lowest BCUT2D eigenvalue weighted by Crippen LogP contribution is -2.44. The van der Waals surface area contributed by atoms with Crippen molar-refractivity contribution in [3.05, 3.63) is 77.1 Å². The summed E-state index contributed by atoms with van der Waals surface area (Å²) in [6.45, 7) is 2.35. The van der Waals surface area contributed by atoms with Crippen molar-refractivity contribution in [2.24, 2.45) is 0 Å². The fraction of sp³-hybridized carbons (Fsp3) is 0.304. The number of piperidine rings is 1. The molecule has 1 saturated heterocycles. The van der Waals surface area contributed by atoms with Gasteiger partial charge in [0, 0.05) is 36.0 Å². The molecule has 1 aromatic heterocycles. The monoisotopic (exact) mass is 424 g/mol. The van der Waals surface area contributed by atoms with Crippen molar-refractivity contribution in [1.29, 1.82) is 0 Å². The summed E-state index contributed by atoms with van der Waals surface area (Å²) in [4.78, 5) is 15.0. The molecule has 1 fully saturated rings. The Labute approximate surface area is 181 Å². The van der Waals surface area contributed by atoms with Gasteiger partial charge in [-0.15, -0.1) is 0 Å². The summed E-state index contributed by atoms with van der Waals surface area (Å²) in [7, 11) is 1.67. The number of ether oxygens (including phenoxy) is 1. The van der Waals surface area contributed by atoms with Gasteiger partial charge in [-0.2, -0.15) is 5.10 Å². The SMILES string of the molecule is COc1ccc(N2CCC(NC(=O)c3cnn(Cc4ccccc4Cl)c3)CC2)cc1. The normalized spacial score (nSPS) is 14.5. The number of amides is 1. The number of hydrogen-bond acceptors (Lipinski definition) is 4. The zero-order chi connectivity index (χ0) is 20.9. The molecule has 6 nitrogen and oxygen atoms in total. The maximum absolute atomic E-state index is 12.6. The van der Waals surface area contributed by atoms with E-state index in [0.29, 0.717) is 17.1 Å². The highest BCUT2D eigenvalue weighted by atomic mass is 35.5. The van der Waals surface area contributed by atoms with Gasteiger partial charge in [0.1, 0.15) is 5.75 Å². The average Bonchev–Trinajstić information content (AvgIpc) is 3.25. The van der Waals surface area contributed by atoms with Gasteiger partial charge in [0.2, 0.25) is 0 Å². The predicted molar refractivity (Wildman–Crippen MR) is 118 cm³/mol. The highest BCUT2D eigenvalue weighted by Gasteiger charge is 2.22. The van der Waals surface area contributed by atoms with Gasteiger partial charge >= 0.3 is 0 Å². The molecule has 1 amide bonds. The van der Waals surface area contributed by atoms with Crippen LogP contribution in [-0.4, -0.2) is 41.9 Å². The van der Waals surface area contributed by atoms with Crippen molar-refractivity contribution in [3.63, 3.8) is 0 Å². The number of hydrogen-bond donors (Lipinski definition) is 1. The molecular formula is C23H25ClN4O2. The molecule has 0 unspecified atom stereocenters. The van der Waals surface area contributed by atoms with Gasteiger partial charge in [-0.05, 0) is 48.7 Å². The van der Waals surface area contributed by atoms with E-state index in [1.807, 2.05) is 36.4 Å². The molecule has 3 aromatic rings. The van der Waals surface area contributed by atoms with E-state index < -0.39 is 0 Å². The number of aromatic nitrogens is 2. The Morgan fingerprint density at radius 3 is 2.60 bits per heavy atom. The van der Waals surface area contributed by atoms with Crippen molar-refractivity contribution in [2.45, 2.75) is 25.4 Å². The van der Waals surface area contributed by atoms with Crippen molar-refractivity contribution in [3.8, 4) is 5.75 Å². The lowest BCUT2D eigenvalue weighted by atomic mass is 10.0. The topological polar surface area (TPSA) is 59.4 Å². The minimum absolute atomic E-state index is 0.0803. The predicted octanol–water partition coefficient (Wildman–Crippen LogP) is 3.99. The molecule has 0 saturated carbocycles. The summed E-state index contributed by atoms with van der Waals surface area (Å²) in [6.07, 6.45) is 5.20. The van der Waals surface area contributed by atoms with Crippen LogP contribution in [-0.2, 0) is 6.54 Å². The Bertz CT molecular complexity index is 994.